The zero-order valence-corrected chi connectivity index (χ0v) is 67.3. The van der Waals surface area contributed by atoms with Crippen LogP contribution in [0.5, 0.6) is 0 Å². The number of aliphatic hydroxyl groups excluding tert-OH is 1. The Morgan fingerprint density at radius 3 is 0.760 bits per heavy atom. The third-order valence-corrected chi connectivity index (χ3v) is 21.2. The molecule has 0 aromatic heterocycles. The van der Waals surface area contributed by atoms with Crippen molar-refractivity contribution in [1.29, 1.82) is 0 Å². The number of aliphatic hydroxyl groups is 1. The van der Waals surface area contributed by atoms with Gasteiger partial charge in [0.15, 0.2) is 12.2 Å². The Labute approximate surface area is 613 Å². The Kier molecular flexibility index (Phi) is 71.2. The molecule has 3 unspecified atom stereocenters. The van der Waals surface area contributed by atoms with Crippen molar-refractivity contribution in [2.45, 2.75) is 445 Å². The maximum absolute atomic E-state index is 13.1. The number of carbonyl (C=O) groups excluding carboxylic acids is 4. The molecule has 0 amide bonds. The molecule has 100 heavy (non-hydrogen) atoms. The van der Waals surface area contributed by atoms with Crippen LogP contribution in [0.2, 0.25) is 0 Å². The molecule has 0 aromatic carbocycles. The summed E-state index contributed by atoms with van der Waals surface area (Å²) in [6, 6.07) is 0. The van der Waals surface area contributed by atoms with Crippen molar-refractivity contribution in [2.24, 2.45) is 11.8 Å². The Bertz CT molecular complexity index is 1930. The summed E-state index contributed by atoms with van der Waals surface area (Å²) in [5, 5.41) is 10.6. The topological polar surface area (TPSA) is 237 Å². The second kappa shape index (κ2) is 72.6. The van der Waals surface area contributed by atoms with Crippen molar-refractivity contribution < 1.29 is 80.2 Å². The van der Waals surface area contributed by atoms with Crippen LogP contribution >= 0.6 is 15.6 Å². The molecule has 0 saturated heterocycles. The van der Waals surface area contributed by atoms with Crippen LogP contribution in [0.1, 0.15) is 427 Å². The molecule has 0 heterocycles. The van der Waals surface area contributed by atoms with Crippen molar-refractivity contribution >= 4 is 39.5 Å². The van der Waals surface area contributed by atoms with E-state index >= 15 is 0 Å². The van der Waals surface area contributed by atoms with Crippen molar-refractivity contribution in [3.05, 3.63) is 0 Å². The molecule has 0 radical (unpaired) electrons. The first kappa shape index (κ1) is 98.1. The van der Waals surface area contributed by atoms with Crippen LogP contribution in [0.4, 0.5) is 0 Å². The van der Waals surface area contributed by atoms with Crippen LogP contribution in [0.25, 0.3) is 0 Å². The van der Waals surface area contributed by atoms with E-state index in [1.807, 2.05) is 0 Å². The Balaban J connectivity index is 5.23. The number of carbonyl (C=O) groups is 4. The molecule has 17 nitrogen and oxygen atoms in total. The van der Waals surface area contributed by atoms with Gasteiger partial charge in [0.1, 0.15) is 19.3 Å². The Hall–Kier alpha value is -1.94. The minimum atomic E-state index is -4.96. The molecule has 3 N–H and O–H groups in total. The van der Waals surface area contributed by atoms with Crippen molar-refractivity contribution in [2.75, 3.05) is 39.6 Å². The van der Waals surface area contributed by atoms with Gasteiger partial charge in [-0.25, -0.2) is 9.13 Å². The van der Waals surface area contributed by atoms with Crippen LogP contribution in [-0.4, -0.2) is 96.7 Å². The lowest BCUT2D eigenvalue weighted by atomic mass is 9.99. The van der Waals surface area contributed by atoms with Gasteiger partial charge in [-0.2, -0.15) is 0 Å². The van der Waals surface area contributed by atoms with Gasteiger partial charge in [0.25, 0.3) is 0 Å². The second-order valence-corrected chi connectivity index (χ2v) is 32.8. The largest absolute Gasteiger partial charge is 0.472 e. The summed E-state index contributed by atoms with van der Waals surface area (Å²) in [5.74, 6) is -0.596. The highest BCUT2D eigenvalue weighted by molar-refractivity contribution is 7.47. The fourth-order valence-corrected chi connectivity index (χ4v) is 14.1. The lowest BCUT2D eigenvalue weighted by Gasteiger charge is -2.21. The van der Waals surface area contributed by atoms with Crippen molar-refractivity contribution in [1.82, 2.24) is 0 Å². The quantitative estimate of drug-likeness (QED) is 0.0222. The van der Waals surface area contributed by atoms with Gasteiger partial charge in [-0.05, 0) is 37.5 Å². The number of rotatable bonds is 80. The fraction of sp³-hybridized carbons (Fsp3) is 0.951. The lowest BCUT2D eigenvalue weighted by Crippen LogP contribution is -2.30. The van der Waals surface area contributed by atoms with E-state index in [-0.39, 0.29) is 25.7 Å². The third kappa shape index (κ3) is 73.0. The van der Waals surface area contributed by atoms with Crippen LogP contribution in [0, 0.1) is 11.8 Å². The third-order valence-electron chi connectivity index (χ3n) is 19.3. The zero-order valence-electron chi connectivity index (χ0n) is 65.5. The normalized spacial score (nSPS) is 14.2. The predicted molar refractivity (Wildman–Crippen MR) is 409 cm³/mol. The molecule has 0 aliphatic rings. The number of phosphoric acid groups is 2. The molecule has 594 valence electrons. The maximum Gasteiger partial charge on any atom is 0.472 e. The van der Waals surface area contributed by atoms with Crippen LogP contribution in [0.15, 0.2) is 0 Å². The van der Waals surface area contributed by atoms with E-state index in [0.717, 1.165) is 102 Å². The van der Waals surface area contributed by atoms with Gasteiger partial charge in [0.2, 0.25) is 0 Å². The van der Waals surface area contributed by atoms with Gasteiger partial charge in [-0.1, -0.05) is 375 Å². The first-order chi connectivity index (χ1) is 48.4. The number of hydrogen-bond donors (Lipinski definition) is 3. The molecule has 0 aromatic rings. The Morgan fingerprint density at radius 1 is 0.290 bits per heavy atom. The number of ether oxygens (including phenoxy) is 4. The van der Waals surface area contributed by atoms with E-state index in [1.165, 1.54) is 244 Å². The summed E-state index contributed by atoms with van der Waals surface area (Å²) < 4.78 is 68.7. The van der Waals surface area contributed by atoms with Gasteiger partial charge in [-0.15, -0.1) is 0 Å². The van der Waals surface area contributed by atoms with E-state index < -0.39 is 97.5 Å². The van der Waals surface area contributed by atoms with Crippen LogP contribution in [-0.2, 0) is 65.4 Å². The highest BCUT2D eigenvalue weighted by Gasteiger charge is 2.30. The summed E-state index contributed by atoms with van der Waals surface area (Å²) in [7, 11) is -9.92. The van der Waals surface area contributed by atoms with E-state index in [9.17, 15) is 43.2 Å². The summed E-state index contributed by atoms with van der Waals surface area (Å²) in [6.45, 7) is 9.61. The number of unbranched alkanes of at least 4 members (excludes halogenated alkanes) is 49. The molecule has 0 saturated carbocycles. The number of phosphoric ester groups is 2. The molecule has 0 rings (SSSR count). The fourth-order valence-electron chi connectivity index (χ4n) is 12.5. The van der Waals surface area contributed by atoms with E-state index in [4.69, 9.17) is 37.0 Å². The molecule has 0 fully saturated rings. The maximum atomic E-state index is 13.1. The predicted octanol–water partition coefficient (Wildman–Crippen LogP) is 24.3. The van der Waals surface area contributed by atoms with E-state index in [0.29, 0.717) is 25.7 Å². The smallest absolute Gasteiger partial charge is 0.462 e. The SMILES string of the molecule is CCCCCCCCCCCCCCCCCCCCCCCC(=O)O[C@H](COC(=O)CCCCCCCCCCCCCCCCC)COP(=O)(O)OC[C@@H](O)COP(=O)(O)OC[C@@H](COC(=O)CCCCCCCCCCC(C)CC)OC(=O)CCCCCCCCCCCC(C)C. The molecule has 19 heteroatoms. The second-order valence-electron chi connectivity index (χ2n) is 29.9. The van der Waals surface area contributed by atoms with Gasteiger partial charge in [0.05, 0.1) is 26.4 Å². The average molecular weight is 1470 g/mol. The number of hydrogen-bond acceptors (Lipinski definition) is 15. The van der Waals surface area contributed by atoms with Crippen LogP contribution in [0.3, 0.4) is 0 Å². The minimum Gasteiger partial charge on any atom is -0.462 e. The van der Waals surface area contributed by atoms with Crippen molar-refractivity contribution in [3.63, 3.8) is 0 Å². The van der Waals surface area contributed by atoms with Gasteiger partial charge in [0, 0.05) is 25.7 Å². The average Bonchev–Trinajstić information content (AvgIpc) is 0.929. The molecule has 6 atom stereocenters. The van der Waals surface area contributed by atoms with E-state index in [1.54, 1.807) is 0 Å². The number of esters is 4. The first-order valence-electron chi connectivity index (χ1n) is 42.0. The molecular weight excluding hydrogens is 1310 g/mol. The highest BCUT2D eigenvalue weighted by Crippen LogP contribution is 2.45. The summed E-state index contributed by atoms with van der Waals surface area (Å²) >= 11 is 0. The minimum absolute atomic E-state index is 0.105. The zero-order chi connectivity index (χ0) is 73.5. The molecule has 0 spiro atoms. The molecule has 0 aliphatic heterocycles. The highest BCUT2D eigenvalue weighted by atomic mass is 31.2. The standard InChI is InChI=1S/C81H158O17P2/c1-7-10-12-14-16-18-20-22-24-25-26-27-28-29-31-33-35-39-47-53-59-65-80(85)97-76(69-91-78(83)63-57-51-45-38-34-32-30-23-21-19-17-15-13-11-8-2)71-95-99(87,88)93-67-75(82)68-94-100(89,90)96-72-77(98-81(86)66-60-54-48-40-36-37-43-49-55-61-73(4)5)70-92-79(84)64-58-52-46-42-41-44-50-56-62-74(6)9-3/h73-77,82H,7-72H2,1-6H3,(H,87,88)(H,89,90)/t74?,75-,76-,77-/m1/s1. The van der Waals surface area contributed by atoms with Gasteiger partial charge >= 0.3 is 39.5 Å². The summed E-state index contributed by atoms with van der Waals surface area (Å²) in [6.07, 6.45) is 62.5. The summed E-state index contributed by atoms with van der Waals surface area (Å²) in [5.41, 5.74) is 0. The first-order valence-corrected chi connectivity index (χ1v) is 45.0. The van der Waals surface area contributed by atoms with Crippen molar-refractivity contribution in [3.8, 4) is 0 Å². The lowest BCUT2D eigenvalue weighted by molar-refractivity contribution is -0.161. The van der Waals surface area contributed by atoms with Crippen LogP contribution < -0.4 is 0 Å². The summed E-state index contributed by atoms with van der Waals surface area (Å²) in [4.78, 5) is 73.0. The van der Waals surface area contributed by atoms with Gasteiger partial charge in [-0.3, -0.25) is 37.3 Å². The van der Waals surface area contributed by atoms with E-state index in [2.05, 4.69) is 41.5 Å². The Morgan fingerprint density at radius 2 is 0.510 bits per heavy atom. The molecular formula is C81H158O17P2. The monoisotopic (exact) mass is 1470 g/mol. The molecule has 0 bridgehead atoms. The van der Waals surface area contributed by atoms with Gasteiger partial charge < -0.3 is 33.8 Å². The molecule has 0 aliphatic carbocycles.